The summed E-state index contributed by atoms with van der Waals surface area (Å²) in [5, 5.41) is 4.59. The van der Waals surface area contributed by atoms with E-state index in [1.807, 2.05) is 31.2 Å². The number of halogens is 1. The number of carbonyl (C=O) groups excluding carboxylic acids is 2. The lowest BCUT2D eigenvalue weighted by Gasteiger charge is -2.34. The number of rotatable bonds is 4. The minimum atomic E-state index is -0.0550. The lowest BCUT2D eigenvalue weighted by molar-refractivity contribution is -0.137. The highest BCUT2D eigenvalue weighted by atomic mass is 35.5. The highest BCUT2D eigenvalue weighted by Crippen LogP contribution is 2.18. The molecular weight excluding hydrogens is 328 g/mol. The highest BCUT2D eigenvalue weighted by Gasteiger charge is 2.27. The van der Waals surface area contributed by atoms with Crippen LogP contribution < -0.4 is 4.90 Å². The Morgan fingerprint density at radius 2 is 2.00 bits per heavy atom. The van der Waals surface area contributed by atoms with Crippen molar-refractivity contribution in [2.75, 3.05) is 24.5 Å². The van der Waals surface area contributed by atoms with Crippen LogP contribution in [0.15, 0.2) is 36.7 Å². The summed E-state index contributed by atoms with van der Waals surface area (Å²) in [6.07, 6.45) is 3.51. The van der Waals surface area contributed by atoms with Gasteiger partial charge in [-0.3, -0.25) is 14.3 Å². The third-order valence-electron chi connectivity index (χ3n) is 4.08. The fourth-order valence-corrected chi connectivity index (χ4v) is 2.87. The van der Waals surface area contributed by atoms with Crippen LogP contribution in [0.1, 0.15) is 12.0 Å². The van der Waals surface area contributed by atoms with Crippen LogP contribution >= 0.6 is 11.6 Å². The summed E-state index contributed by atoms with van der Waals surface area (Å²) in [6.45, 7) is 3.64. The molecule has 1 aliphatic heterocycles. The van der Waals surface area contributed by atoms with E-state index in [0.29, 0.717) is 31.1 Å². The first kappa shape index (κ1) is 16.5. The zero-order chi connectivity index (χ0) is 17.1. The molecule has 7 heteroatoms. The fourth-order valence-electron chi connectivity index (χ4n) is 2.71. The van der Waals surface area contributed by atoms with E-state index in [1.54, 1.807) is 20.7 Å². The molecule has 6 nitrogen and oxygen atoms in total. The molecule has 1 saturated heterocycles. The molecule has 3 rings (SSSR count). The standard InChI is InChI=1S/C17H19ClN4O2/c1-13-2-4-15(5-3-13)22-9-8-20(12-17(22)24)16(23)6-7-21-11-14(18)10-19-21/h2-5,10-11H,6-9,12H2,1H3. The average Bonchev–Trinajstić information content (AvgIpc) is 2.99. The Kier molecular flexibility index (Phi) is 4.85. The van der Waals surface area contributed by atoms with E-state index in [9.17, 15) is 9.59 Å². The van der Waals surface area contributed by atoms with Crippen LogP contribution in [0, 0.1) is 6.92 Å². The zero-order valence-electron chi connectivity index (χ0n) is 13.5. The Bertz CT molecular complexity index is 741. The molecule has 2 aromatic rings. The van der Waals surface area contributed by atoms with Crippen molar-refractivity contribution < 1.29 is 9.59 Å². The van der Waals surface area contributed by atoms with Gasteiger partial charge in [-0.05, 0) is 19.1 Å². The zero-order valence-corrected chi connectivity index (χ0v) is 14.2. The molecule has 0 saturated carbocycles. The van der Waals surface area contributed by atoms with Gasteiger partial charge in [-0.15, -0.1) is 0 Å². The molecule has 0 radical (unpaired) electrons. The number of amides is 2. The first-order valence-electron chi connectivity index (χ1n) is 7.86. The second-order valence-electron chi connectivity index (χ2n) is 5.87. The average molecular weight is 347 g/mol. The molecule has 2 heterocycles. The van der Waals surface area contributed by atoms with Gasteiger partial charge in [-0.25, -0.2) is 0 Å². The predicted molar refractivity (Wildman–Crippen MR) is 92.0 cm³/mol. The fraction of sp³-hybridized carbons (Fsp3) is 0.353. The molecule has 126 valence electrons. The van der Waals surface area contributed by atoms with E-state index < -0.39 is 0 Å². The molecular formula is C17H19ClN4O2. The van der Waals surface area contributed by atoms with Gasteiger partial charge in [-0.1, -0.05) is 29.3 Å². The van der Waals surface area contributed by atoms with Crippen molar-refractivity contribution >= 4 is 29.1 Å². The van der Waals surface area contributed by atoms with Gasteiger partial charge < -0.3 is 9.80 Å². The van der Waals surface area contributed by atoms with E-state index in [0.717, 1.165) is 11.3 Å². The summed E-state index contributed by atoms with van der Waals surface area (Å²) in [5.41, 5.74) is 2.03. The van der Waals surface area contributed by atoms with E-state index in [4.69, 9.17) is 11.6 Å². The SMILES string of the molecule is Cc1ccc(N2CCN(C(=O)CCn3cc(Cl)cn3)CC2=O)cc1. The van der Waals surface area contributed by atoms with Crippen LogP contribution in [0.25, 0.3) is 0 Å². The summed E-state index contributed by atoms with van der Waals surface area (Å²) < 4.78 is 1.63. The second kappa shape index (κ2) is 7.05. The van der Waals surface area contributed by atoms with Crippen LogP contribution in [0.5, 0.6) is 0 Å². The molecule has 1 aromatic carbocycles. The van der Waals surface area contributed by atoms with E-state index in [-0.39, 0.29) is 18.4 Å². The lowest BCUT2D eigenvalue weighted by atomic mass is 10.2. The number of piperazine rings is 1. The number of aryl methyl sites for hydroxylation is 2. The molecule has 0 bridgehead atoms. The maximum Gasteiger partial charge on any atom is 0.246 e. The maximum atomic E-state index is 12.4. The van der Waals surface area contributed by atoms with E-state index in [2.05, 4.69) is 5.10 Å². The van der Waals surface area contributed by atoms with Crippen molar-refractivity contribution in [2.24, 2.45) is 0 Å². The third-order valence-corrected chi connectivity index (χ3v) is 4.27. The number of carbonyl (C=O) groups is 2. The Balaban J connectivity index is 1.55. The molecule has 2 amide bonds. The Morgan fingerprint density at radius 1 is 1.25 bits per heavy atom. The normalized spacial score (nSPS) is 15.0. The number of anilines is 1. The van der Waals surface area contributed by atoms with Crippen LogP contribution in [0.2, 0.25) is 5.02 Å². The minimum absolute atomic E-state index is 0.0430. The summed E-state index contributed by atoms with van der Waals surface area (Å²) >= 11 is 5.80. The molecule has 0 spiro atoms. The molecule has 0 atom stereocenters. The van der Waals surface area contributed by atoms with Gasteiger partial charge >= 0.3 is 0 Å². The number of hydrogen-bond donors (Lipinski definition) is 0. The first-order valence-corrected chi connectivity index (χ1v) is 8.23. The quantitative estimate of drug-likeness (QED) is 0.852. The van der Waals surface area contributed by atoms with Crippen LogP contribution in [0.4, 0.5) is 5.69 Å². The smallest absolute Gasteiger partial charge is 0.246 e. The predicted octanol–water partition coefficient (Wildman–Crippen LogP) is 2.11. The summed E-state index contributed by atoms with van der Waals surface area (Å²) in [4.78, 5) is 28.0. The summed E-state index contributed by atoms with van der Waals surface area (Å²) in [6, 6.07) is 7.84. The topological polar surface area (TPSA) is 58.4 Å². The third kappa shape index (κ3) is 3.76. The van der Waals surface area contributed by atoms with E-state index in [1.165, 1.54) is 6.20 Å². The molecule has 0 aliphatic carbocycles. The molecule has 0 N–H and O–H groups in total. The molecule has 0 unspecified atom stereocenters. The number of nitrogens with zero attached hydrogens (tertiary/aromatic N) is 4. The van der Waals surface area contributed by atoms with Gasteiger partial charge in [0.2, 0.25) is 11.8 Å². The van der Waals surface area contributed by atoms with Gasteiger partial charge in [-0.2, -0.15) is 5.10 Å². The number of aromatic nitrogens is 2. The Hall–Kier alpha value is -2.34. The van der Waals surface area contributed by atoms with Crippen LogP contribution in [-0.2, 0) is 16.1 Å². The van der Waals surface area contributed by atoms with Crippen LogP contribution in [-0.4, -0.2) is 46.1 Å². The lowest BCUT2D eigenvalue weighted by Crippen LogP contribution is -2.52. The Morgan fingerprint density at radius 3 is 2.62 bits per heavy atom. The first-order chi connectivity index (χ1) is 11.5. The molecule has 1 aliphatic rings. The van der Waals surface area contributed by atoms with E-state index >= 15 is 0 Å². The highest BCUT2D eigenvalue weighted by molar-refractivity contribution is 6.30. The summed E-state index contributed by atoms with van der Waals surface area (Å²) in [7, 11) is 0. The van der Waals surface area contributed by atoms with Crippen molar-refractivity contribution in [1.82, 2.24) is 14.7 Å². The van der Waals surface area contributed by atoms with Crippen molar-refractivity contribution in [1.29, 1.82) is 0 Å². The van der Waals surface area contributed by atoms with Crippen molar-refractivity contribution in [3.05, 3.63) is 47.2 Å². The monoisotopic (exact) mass is 346 g/mol. The van der Waals surface area contributed by atoms with Gasteiger partial charge in [0.15, 0.2) is 0 Å². The summed E-state index contributed by atoms with van der Waals surface area (Å²) in [5.74, 6) is -0.0980. The van der Waals surface area contributed by atoms with Gasteiger partial charge in [0.05, 0.1) is 11.2 Å². The van der Waals surface area contributed by atoms with Crippen LogP contribution in [0.3, 0.4) is 0 Å². The van der Waals surface area contributed by atoms with Gasteiger partial charge in [0, 0.05) is 37.9 Å². The van der Waals surface area contributed by atoms with Crippen molar-refractivity contribution in [3.8, 4) is 0 Å². The minimum Gasteiger partial charge on any atom is -0.332 e. The number of benzene rings is 1. The van der Waals surface area contributed by atoms with Gasteiger partial charge in [0.25, 0.3) is 0 Å². The molecule has 1 fully saturated rings. The Labute approximate surface area is 145 Å². The molecule has 24 heavy (non-hydrogen) atoms. The molecule has 1 aromatic heterocycles. The largest absolute Gasteiger partial charge is 0.332 e. The van der Waals surface area contributed by atoms with Gasteiger partial charge in [0.1, 0.15) is 6.54 Å². The van der Waals surface area contributed by atoms with Crippen molar-refractivity contribution in [2.45, 2.75) is 19.9 Å². The second-order valence-corrected chi connectivity index (χ2v) is 6.30. The van der Waals surface area contributed by atoms with Crippen molar-refractivity contribution in [3.63, 3.8) is 0 Å². The number of hydrogen-bond acceptors (Lipinski definition) is 3. The maximum absolute atomic E-state index is 12.4.